The van der Waals surface area contributed by atoms with E-state index >= 15 is 0 Å². The highest BCUT2D eigenvalue weighted by Gasteiger charge is 2.19. The summed E-state index contributed by atoms with van der Waals surface area (Å²) in [7, 11) is -0.280. The summed E-state index contributed by atoms with van der Waals surface area (Å²) in [6.45, 7) is 0.439. The maximum Gasteiger partial charge on any atom is 0.242 e. The van der Waals surface area contributed by atoms with E-state index in [-0.39, 0.29) is 4.90 Å². The molecule has 1 aromatic carbocycles. The van der Waals surface area contributed by atoms with Crippen LogP contribution in [0.2, 0.25) is 0 Å². The Bertz CT molecular complexity index is 430. The highest BCUT2D eigenvalue weighted by atomic mass is 79.9. The van der Waals surface area contributed by atoms with Gasteiger partial charge in [0.1, 0.15) is 5.75 Å². The Balaban J connectivity index is 2.98. The van der Waals surface area contributed by atoms with Crippen molar-refractivity contribution in [1.82, 2.24) is 4.31 Å². The van der Waals surface area contributed by atoms with E-state index in [0.29, 0.717) is 17.6 Å². The lowest BCUT2D eigenvalue weighted by Gasteiger charge is -2.15. The van der Waals surface area contributed by atoms with Crippen molar-refractivity contribution in [2.45, 2.75) is 4.90 Å². The monoisotopic (exact) mass is 307 g/mol. The van der Waals surface area contributed by atoms with Crippen LogP contribution in [0.3, 0.4) is 0 Å². The van der Waals surface area contributed by atoms with Gasteiger partial charge in [-0.15, -0.1) is 0 Å². The van der Waals surface area contributed by atoms with E-state index in [1.54, 1.807) is 38.4 Å². The second-order valence-electron chi connectivity index (χ2n) is 3.19. The highest BCUT2D eigenvalue weighted by Crippen LogP contribution is 2.18. The van der Waals surface area contributed by atoms with E-state index in [1.807, 2.05) is 0 Å². The molecule has 6 heteroatoms. The maximum atomic E-state index is 12.0. The minimum atomic E-state index is -3.38. The SMILES string of the molecule is COc1ccc(S(=O)(=O)N(C)CCBr)cc1. The van der Waals surface area contributed by atoms with Gasteiger partial charge in [0.25, 0.3) is 0 Å². The lowest BCUT2D eigenvalue weighted by Crippen LogP contribution is -2.28. The Morgan fingerprint density at radius 2 is 1.88 bits per heavy atom. The quantitative estimate of drug-likeness (QED) is 0.778. The van der Waals surface area contributed by atoms with Crippen LogP contribution in [0.25, 0.3) is 0 Å². The molecule has 0 fully saturated rings. The van der Waals surface area contributed by atoms with E-state index in [1.165, 1.54) is 4.31 Å². The molecule has 0 saturated carbocycles. The molecule has 0 amide bonds. The van der Waals surface area contributed by atoms with Crippen molar-refractivity contribution in [3.05, 3.63) is 24.3 Å². The molecule has 0 heterocycles. The van der Waals surface area contributed by atoms with Crippen molar-refractivity contribution in [1.29, 1.82) is 0 Å². The van der Waals surface area contributed by atoms with E-state index < -0.39 is 10.0 Å². The molecule has 0 unspecified atom stereocenters. The number of sulfonamides is 1. The van der Waals surface area contributed by atoms with Gasteiger partial charge in [0.05, 0.1) is 12.0 Å². The molecule has 0 aliphatic heterocycles. The van der Waals surface area contributed by atoms with Gasteiger partial charge in [-0.2, -0.15) is 0 Å². The van der Waals surface area contributed by atoms with Crippen molar-refractivity contribution in [3.63, 3.8) is 0 Å². The van der Waals surface area contributed by atoms with Crippen LogP contribution in [-0.2, 0) is 10.0 Å². The molecule has 0 aromatic heterocycles. The van der Waals surface area contributed by atoms with Crippen LogP contribution in [0.4, 0.5) is 0 Å². The number of ether oxygens (including phenoxy) is 1. The van der Waals surface area contributed by atoms with Crippen LogP contribution in [0.15, 0.2) is 29.2 Å². The third-order valence-corrected chi connectivity index (χ3v) is 4.39. The minimum Gasteiger partial charge on any atom is -0.497 e. The van der Waals surface area contributed by atoms with E-state index in [2.05, 4.69) is 15.9 Å². The Hall–Kier alpha value is -0.590. The third-order valence-electron chi connectivity index (χ3n) is 2.17. The molecule has 0 N–H and O–H groups in total. The molecule has 1 aromatic rings. The van der Waals surface area contributed by atoms with Crippen molar-refractivity contribution >= 4 is 26.0 Å². The van der Waals surface area contributed by atoms with Gasteiger partial charge in [0, 0.05) is 18.9 Å². The number of rotatable bonds is 5. The van der Waals surface area contributed by atoms with Crippen molar-refractivity contribution in [2.24, 2.45) is 0 Å². The fourth-order valence-electron chi connectivity index (χ4n) is 1.17. The van der Waals surface area contributed by atoms with Crippen molar-refractivity contribution in [2.75, 3.05) is 26.0 Å². The van der Waals surface area contributed by atoms with Gasteiger partial charge in [-0.05, 0) is 24.3 Å². The Labute approximate surface area is 104 Å². The molecule has 90 valence electrons. The predicted octanol–water partition coefficient (Wildman–Crippen LogP) is 1.71. The Kier molecular flexibility index (Phi) is 4.76. The summed E-state index contributed by atoms with van der Waals surface area (Å²) < 4.78 is 30.3. The zero-order chi connectivity index (χ0) is 12.2. The number of benzene rings is 1. The summed E-state index contributed by atoms with van der Waals surface area (Å²) in [4.78, 5) is 0.275. The zero-order valence-electron chi connectivity index (χ0n) is 9.18. The van der Waals surface area contributed by atoms with Crippen LogP contribution in [-0.4, -0.2) is 38.8 Å². The molecule has 0 atom stereocenters. The van der Waals surface area contributed by atoms with Gasteiger partial charge in [-0.25, -0.2) is 12.7 Å². The summed E-state index contributed by atoms with van der Waals surface area (Å²) in [6.07, 6.45) is 0. The summed E-state index contributed by atoms with van der Waals surface area (Å²) in [5, 5.41) is 0.610. The number of nitrogens with zero attached hydrogens (tertiary/aromatic N) is 1. The van der Waals surface area contributed by atoms with Gasteiger partial charge in [0.15, 0.2) is 0 Å². The average Bonchev–Trinajstić information content (AvgIpc) is 2.29. The summed E-state index contributed by atoms with van der Waals surface area (Å²) >= 11 is 3.21. The number of methoxy groups -OCH3 is 1. The standard InChI is InChI=1S/C10H14BrNO3S/c1-12(8-7-11)16(13,14)10-5-3-9(15-2)4-6-10/h3-6H,7-8H2,1-2H3. The lowest BCUT2D eigenvalue weighted by molar-refractivity contribution is 0.414. The molecule has 0 radical (unpaired) electrons. The first-order chi connectivity index (χ1) is 7.52. The molecule has 0 bridgehead atoms. The maximum absolute atomic E-state index is 12.0. The van der Waals surface area contributed by atoms with E-state index in [9.17, 15) is 8.42 Å². The molecule has 0 aliphatic rings. The number of hydrogen-bond donors (Lipinski definition) is 0. The largest absolute Gasteiger partial charge is 0.497 e. The summed E-state index contributed by atoms with van der Waals surface area (Å²) in [5.74, 6) is 0.641. The second kappa shape index (κ2) is 5.65. The first-order valence-electron chi connectivity index (χ1n) is 4.68. The van der Waals surface area contributed by atoms with Crippen molar-refractivity contribution < 1.29 is 13.2 Å². The van der Waals surface area contributed by atoms with Crippen LogP contribution in [0.1, 0.15) is 0 Å². The lowest BCUT2D eigenvalue weighted by atomic mass is 10.3. The minimum absolute atomic E-state index is 0.275. The molecule has 16 heavy (non-hydrogen) atoms. The Morgan fingerprint density at radius 1 is 1.31 bits per heavy atom. The van der Waals surface area contributed by atoms with E-state index in [0.717, 1.165) is 0 Å². The number of alkyl halides is 1. The molecule has 4 nitrogen and oxygen atoms in total. The third kappa shape index (κ3) is 2.96. The zero-order valence-corrected chi connectivity index (χ0v) is 11.6. The fourth-order valence-corrected chi connectivity index (χ4v) is 3.11. The average molecular weight is 308 g/mol. The Morgan fingerprint density at radius 3 is 2.31 bits per heavy atom. The normalized spacial score (nSPS) is 11.8. The molecule has 1 rings (SSSR count). The first kappa shape index (κ1) is 13.5. The van der Waals surface area contributed by atoms with Gasteiger partial charge in [0.2, 0.25) is 10.0 Å². The van der Waals surface area contributed by atoms with Crippen LogP contribution in [0.5, 0.6) is 5.75 Å². The first-order valence-corrected chi connectivity index (χ1v) is 7.25. The number of hydrogen-bond acceptors (Lipinski definition) is 3. The van der Waals surface area contributed by atoms with Gasteiger partial charge >= 0.3 is 0 Å². The van der Waals surface area contributed by atoms with E-state index in [4.69, 9.17) is 4.74 Å². The van der Waals surface area contributed by atoms with Gasteiger partial charge in [-0.3, -0.25) is 0 Å². The van der Waals surface area contributed by atoms with Gasteiger partial charge in [-0.1, -0.05) is 15.9 Å². The fraction of sp³-hybridized carbons (Fsp3) is 0.400. The van der Waals surface area contributed by atoms with Crippen LogP contribution in [0, 0.1) is 0 Å². The van der Waals surface area contributed by atoms with Gasteiger partial charge < -0.3 is 4.74 Å². The molecular weight excluding hydrogens is 294 g/mol. The smallest absolute Gasteiger partial charge is 0.242 e. The highest BCUT2D eigenvalue weighted by molar-refractivity contribution is 9.09. The second-order valence-corrected chi connectivity index (χ2v) is 6.03. The predicted molar refractivity (Wildman–Crippen MR) is 66.6 cm³/mol. The van der Waals surface area contributed by atoms with Crippen LogP contribution >= 0.6 is 15.9 Å². The molecule has 0 spiro atoms. The summed E-state index contributed by atoms with van der Waals surface area (Å²) in [5.41, 5.74) is 0. The topological polar surface area (TPSA) is 46.6 Å². The van der Waals surface area contributed by atoms with Crippen molar-refractivity contribution in [3.8, 4) is 5.75 Å². The summed E-state index contributed by atoms with van der Waals surface area (Å²) in [6, 6.07) is 6.35. The molecule has 0 aliphatic carbocycles. The molecular formula is C10H14BrNO3S. The number of halogens is 1. The molecule has 0 saturated heterocycles. The van der Waals surface area contributed by atoms with Crippen LogP contribution < -0.4 is 4.74 Å².